The number of aromatic nitrogens is 3. The molecule has 0 saturated carbocycles. The lowest BCUT2D eigenvalue weighted by molar-refractivity contribution is -0.384. The molecule has 2 rings (SSSR count). The maximum Gasteiger partial charge on any atom is 0.361 e. The fourth-order valence-electron chi connectivity index (χ4n) is 1.22. The highest BCUT2D eigenvalue weighted by Crippen LogP contribution is 2.20. The van der Waals surface area contributed by atoms with E-state index in [2.05, 4.69) is 10.1 Å². The van der Waals surface area contributed by atoms with Gasteiger partial charge in [-0.25, -0.2) is 14.6 Å². The third-order valence-electron chi connectivity index (χ3n) is 1.84. The van der Waals surface area contributed by atoms with Crippen molar-refractivity contribution in [1.29, 1.82) is 0 Å². The number of para-hydroxylation sites is 2. The number of nitrogens with one attached hydrogen (secondary N) is 1. The minimum atomic E-state index is -0.548. The van der Waals surface area contributed by atoms with Gasteiger partial charge in [-0.05, 0) is 6.07 Å². The Kier molecular flexibility index (Phi) is 2.05. The zero-order valence-corrected chi connectivity index (χ0v) is 7.45. The van der Waals surface area contributed by atoms with Crippen molar-refractivity contribution in [2.24, 2.45) is 0 Å². The predicted molar refractivity (Wildman–Crippen MR) is 50.8 cm³/mol. The maximum atomic E-state index is 10.8. The summed E-state index contributed by atoms with van der Waals surface area (Å²) in [5.41, 5.74) is -0.364. The maximum absolute atomic E-state index is 10.8. The molecule has 0 aliphatic rings. The van der Waals surface area contributed by atoms with Crippen LogP contribution in [0.15, 0.2) is 35.4 Å². The van der Waals surface area contributed by atoms with Gasteiger partial charge in [0.1, 0.15) is 12.0 Å². The Morgan fingerprint density at radius 2 is 2.13 bits per heavy atom. The first-order valence-corrected chi connectivity index (χ1v) is 4.06. The van der Waals surface area contributed by atoms with Crippen LogP contribution in [0.1, 0.15) is 0 Å². The van der Waals surface area contributed by atoms with E-state index in [-0.39, 0.29) is 11.4 Å². The molecular formula is C8H6N4O3. The number of nitro benzene ring substituents is 1. The summed E-state index contributed by atoms with van der Waals surface area (Å²) < 4.78 is 1.21. The standard InChI is InChI=1S/C8H6N4O3/c13-8-9-5-11(10-8)6-3-1-2-4-7(6)12(14)15/h1-5H,(H,10,13). The second-order valence-electron chi connectivity index (χ2n) is 2.78. The number of benzene rings is 1. The molecule has 0 bridgehead atoms. The van der Waals surface area contributed by atoms with Crippen molar-refractivity contribution in [2.45, 2.75) is 0 Å². The summed E-state index contributed by atoms with van der Waals surface area (Å²) in [6.07, 6.45) is 1.20. The molecule has 0 saturated heterocycles. The molecule has 0 radical (unpaired) electrons. The lowest BCUT2D eigenvalue weighted by Gasteiger charge is -2.01. The van der Waals surface area contributed by atoms with Crippen LogP contribution in [0.3, 0.4) is 0 Å². The van der Waals surface area contributed by atoms with Gasteiger partial charge in [0.25, 0.3) is 5.69 Å². The predicted octanol–water partition coefficient (Wildman–Crippen LogP) is 0.469. The number of hydrogen-bond donors (Lipinski definition) is 1. The molecule has 0 aliphatic heterocycles. The van der Waals surface area contributed by atoms with Gasteiger partial charge < -0.3 is 0 Å². The second kappa shape index (κ2) is 3.37. The monoisotopic (exact) mass is 206 g/mol. The van der Waals surface area contributed by atoms with Crippen LogP contribution in [0.5, 0.6) is 0 Å². The molecule has 0 atom stereocenters. The van der Waals surface area contributed by atoms with Crippen LogP contribution in [0.4, 0.5) is 5.69 Å². The zero-order chi connectivity index (χ0) is 10.8. The topological polar surface area (TPSA) is 93.8 Å². The number of H-pyrrole nitrogens is 1. The largest absolute Gasteiger partial charge is 0.361 e. The van der Waals surface area contributed by atoms with Gasteiger partial charge in [0.05, 0.1) is 4.92 Å². The van der Waals surface area contributed by atoms with Crippen LogP contribution in [-0.4, -0.2) is 19.7 Å². The van der Waals surface area contributed by atoms with E-state index in [9.17, 15) is 14.9 Å². The molecule has 1 N–H and O–H groups in total. The van der Waals surface area contributed by atoms with E-state index < -0.39 is 10.6 Å². The van der Waals surface area contributed by atoms with Gasteiger partial charge in [-0.3, -0.25) is 10.1 Å². The van der Waals surface area contributed by atoms with E-state index in [0.717, 1.165) is 0 Å². The number of nitro groups is 1. The highest BCUT2D eigenvalue weighted by Gasteiger charge is 2.13. The molecule has 0 fully saturated rings. The Labute approximate surface area is 83.1 Å². The van der Waals surface area contributed by atoms with Gasteiger partial charge in [-0.15, -0.1) is 0 Å². The molecule has 2 aromatic rings. The molecule has 1 aromatic heterocycles. The van der Waals surface area contributed by atoms with Crippen molar-refractivity contribution >= 4 is 5.69 Å². The molecular weight excluding hydrogens is 200 g/mol. The van der Waals surface area contributed by atoms with Gasteiger partial charge in [-0.1, -0.05) is 12.1 Å². The smallest absolute Gasteiger partial charge is 0.258 e. The summed E-state index contributed by atoms with van der Waals surface area (Å²) in [6.45, 7) is 0. The first-order chi connectivity index (χ1) is 7.18. The quantitative estimate of drug-likeness (QED) is 0.570. The number of rotatable bonds is 2. The van der Waals surface area contributed by atoms with Crippen LogP contribution in [0, 0.1) is 10.1 Å². The Bertz CT molecular complexity index is 557. The average Bonchev–Trinajstić information content (AvgIpc) is 2.65. The summed E-state index contributed by atoms with van der Waals surface area (Å²) in [4.78, 5) is 24.4. The van der Waals surface area contributed by atoms with Gasteiger partial charge in [0.15, 0.2) is 0 Å². The summed E-state index contributed by atoms with van der Waals surface area (Å²) in [5.74, 6) is 0. The number of hydrogen-bond acceptors (Lipinski definition) is 4. The fraction of sp³-hybridized carbons (Fsp3) is 0. The molecule has 0 amide bonds. The van der Waals surface area contributed by atoms with Crippen molar-refractivity contribution in [3.05, 3.63) is 51.2 Å². The first kappa shape index (κ1) is 9.13. The van der Waals surface area contributed by atoms with E-state index in [1.807, 2.05) is 0 Å². The fourth-order valence-corrected chi connectivity index (χ4v) is 1.22. The SMILES string of the molecule is O=c1ncn(-c2ccccc2[N+](=O)[O-])[nH]1. The number of aromatic amines is 1. The molecule has 15 heavy (non-hydrogen) atoms. The van der Waals surface area contributed by atoms with Crippen LogP contribution in [0.2, 0.25) is 0 Å². The van der Waals surface area contributed by atoms with Crippen molar-refractivity contribution in [1.82, 2.24) is 14.8 Å². The van der Waals surface area contributed by atoms with Gasteiger partial charge in [0, 0.05) is 6.07 Å². The first-order valence-electron chi connectivity index (χ1n) is 4.06. The second-order valence-corrected chi connectivity index (χ2v) is 2.78. The highest BCUT2D eigenvalue weighted by atomic mass is 16.6. The number of nitrogens with zero attached hydrogens (tertiary/aromatic N) is 3. The highest BCUT2D eigenvalue weighted by molar-refractivity contribution is 5.51. The Balaban J connectivity index is 2.62. The third-order valence-corrected chi connectivity index (χ3v) is 1.84. The van der Waals surface area contributed by atoms with E-state index in [1.165, 1.54) is 23.1 Å². The molecule has 1 aromatic carbocycles. The summed E-state index contributed by atoms with van der Waals surface area (Å²) >= 11 is 0. The molecule has 0 spiro atoms. The van der Waals surface area contributed by atoms with E-state index in [0.29, 0.717) is 0 Å². The Morgan fingerprint density at radius 3 is 2.73 bits per heavy atom. The van der Waals surface area contributed by atoms with Crippen molar-refractivity contribution in [3.8, 4) is 5.69 Å². The average molecular weight is 206 g/mol. The zero-order valence-electron chi connectivity index (χ0n) is 7.45. The van der Waals surface area contributed by atoms with E-state index in [4.69, 9.17) is 0 Å². The van der Waals surface area contributed by atoms with Crippen molar-refractivity contribution in [2.75, 3.05) is 0 Å². The molecule has 76 valence electrons. The van der Waals surface area contributed by atoms with E-state index in [1.54, 1.807) is 12.1 Å². The normalized spacial score (nSPS) is 10.1. The van der Waals surface area contributed by atoms with Crippen molar-refractivity contribution in [3.63, 3.8) is 0 Å². The summed E-state index contributed by atoms with van der Waals surface area (Å²) in [6, 6.07) is 6.07. The van der Waals surface area contributed by atoms with Gasteiger partial charge in [-0.2, -0.15) is 4.98 Å². The van der Waals surface area contributed by atoms with Crippen molar-refractivity contribution < 1.29 is 4.92 Å². The van der Waals surface area contributed by atoms with Crippen LogP contribution < -0.4 is 5.69 Å². The third kappa shape index (κ3) is 1.62. The molecule has 7 heteroatoms. The minimum absolute atomic E-state index is 0.0915. The van der Waals surface area contributed by atoms with E-state index >= 15 is 0 Å². The molecule has 1 heterocycles. The summed E-state index contributed by atoms with van der Waals surface area (Å²) in [5, 5.41) is 13.0. The Morgan fingerprint density at radius 1 is 1.40 bits per heavy atom. The summed E-state index contributed by atoms with van der Waals surface area (Å²) in [7, 11) is 0. The lowest BCUT2D eigenvalue weighted by Crippen LogP contribution is -2.06. The minimum Gasteiger partial charge on any atom is -0.258 e. The van der Waals surface area contributed by atoms with Gasteiger partial charge >= 0.3 is 5.69 Å². The lowest BCUT2D eigenvalue weighted by atomic mass is 10.3. The molecule has 0 aliphatic carbocycles. The molecule has 0 unspecified atom stereocenters. The Hall–Kier alpha value is -2.44. The van der Waals surface area contributed by atoms with Crippen LogP contribution in [0.25, 0.3) is 5.69 Å². The van der Waals surface area contributed by atoms with Gasteiger partial charge in [0.2, 0.25) is 0 Å². The molecule has 7 nitrogen and oxygen atoms in total. The van der Waals surface area contributed by atoms with Crippen LogP contribution in [-0.2, 0) is 0 Å². The van der Waals surface area contributed by atoms with Crippen LogP contribution >= 0.6 is 0 Å².